The summed E-state index contributed by atoms with van der Waals surface area (Å²) < 4.78 is 38.3. The Morgan fingerprint density at radius 3 is 2.58 bits per heavy atom. The lowest BCUT2D eigenvalue weighted by Gasteiger charge is -2.33. The first-order valence-electron chi connectivity index (χ1n) is 6.56. The van der Waals surface area contributed by atoms with Crippen LogP contribution in [0.5, 0.6) is 0 Å². The molecule has 106 valence electrons. The number of aromatic nitrogens is 1. The first-order valence-corrected chi connectivity index (χ1v) is 7.48. The fourth-order valence-electron chi connectivity index (χ4n) is 2.76. The number of hydrogen-bond acceptors (Lipinski definition) is 1. The van der Waals surface area contributed by atoms with Crippen LogP contribution in [0.1, 0.15) is 31.2 Å². The third-order valence-corrected chi connectivity index (χ3v) is 4.94. The fraction of sp³-hybridized carbons (Fsp3) is 0.643. The molecule has 3 unspecified atom stereocenters. The largest absolute Gasteiger partial charge is 0.391 e. The van der Waals surface area contributed by atoms with E-state index in [2.05, 4.69) is 20.9 Å². The van der Waals surface area contributed by atoms with Gasteiger partial charge in [-0.3, -0.25) is 4.98 Å². The fourth-order valence-corrected chi connectivity index (χ4v) is 3.62. The van der Waals surface area contributed by atoms with Crippen molar-refractivity contribution in [3.63, 3.8) is 0 Å². The van der Waals surface area contributed by atoms with Crippen molar-refractivity contribution in [2.75, 3.05) is 0 Å². The van der Waals surface area contributed by atoms with E-state index in [0.717, 1.165) is 18.4 Å². The van der Waals surface area contributed by atoms with E-state index >= 15 is 0 Å². The molecule has 1 aromatic heterocycles. The topological polar surface area (TPSA) is 12.9 Å². The average Bonchev–Trinajstić information content (AvgIpc) is 2.39. The molecule has 1 heterocycles. The van der Waals surface area contributed by atoms with E-state index in [1.54, 1.807) is 12.4 Å². The van der Waals surface area contributed by atoms with Crippen molar-refractivity contribution in [1.29, 1.82) is 0 Å². The minimum absolute atomic E-state index is 0.105. The quantitative estimate of drug-likeness (QED) is 0.726. The van der Waals surface area contributed by atoms with E-state index in [1.165, 1.54) is 0 Å². The molecule has 0 saturated heterocycles. The summed E-state index contributed by atoms with van der Waals surface area (Å²) in [6, 6.07) is 3.83. The summed E-state index contributed by atoms with van der Waals surface area (Å²) in [6.07, 6.45) is 2.25. The molecule has 1 nitrogen and oxygen atoms in total. The molecule has 0 radical (unpaired) electrons. The molecule has 1 aliphatic carbocycles. The monoisotopic (exact) mass is 335 g/mol. The van der Waals surface area contributed by atoms with Gasteiger partial charge in [-0.2, -0.15) is 13.2 Å². The van der Waals surface area contributed by atoms with Crippen LogP contribution in [0.2, 0.25) is 0 Å². The zero-order valence-corrected chi connectivity index (χ0v) is 12.1. The van der Waals surface area contributed by atoms with Crippen LogP contribution in [0.15, 0.2) is 24.5 Å². The smallest absolute Gasteiger partial charge is 0.265 e. The Kier molecular flexibility index (Phi) is 4.87. The second kappa shape index (κ2) is 6.25. The van der Waals surface area contributed by atoms with Crippen molar-refractivity contribution in [1.82, 2.24) is 4.98 Å². The first kappa shape index (κ1) is 14.8. The maximum atomic E-state index is 12.8. The van der Waals surface area contributed by atoms with Gasteiger partial charge in [0.2, 0.25) is 0 Å². The van der Waals surface area contributed by atoms with Gasteiger partial charge in [-0.05, 0) is 49.3 Å². The summed E-state index contributed by atoms with van der Waals surface area (Å²) >= 11 is 3.58. The van der Waals surface area contributed by atoms with Crippen molar-refractivity contribution < 1.29 is 13.2 Å². The maximum Gasteiger partial charge on any atom is 0.391 e. The summed E-state index contributed by atoms with van der Waals surface area (Å²) in [5.74, 6) is -1.02. The Morgan fingerprint density at radius 2 is 1.95 bits per heavy atom. The predicted molar refractivity (Wildman–Crippen MR) is 72.2 cm³/mol. The van der Waals surface area contributed by atoms with Crippen LogP contribution in [0, 0.1) is 11.8 Å². The number of halogens is 4. The molecule has 0 amide bonds. The van der Waals surface area contributed by atoms with Gasteiger partial charge in [-0.1, -0.05) is 22.4 Å². The van der Waals surface area contributed by atoms with Gasteiger partial charge in [0, 0.05) is 17.2 Å². The predicted octanol–water partition coefficient (Wildman–Crippen LogP) is 4.76. The van der Waals surface area contributed by atoms with Crippen molar-refractivity contribution in [3.05, 3.63) is 30.1 Å². The van der Waals surface area contributed by atoms with E-state index in [-0.39, 0.29) is 23.6 Å². The molecule has 19 heavy (non-hydrogen) atoms. The molecule has 3 atom stereocenters. The van der Waals surface area contributed by atoms with Gasteiger partial charge in [0.05, 0.1) is 5.92 Å². The number of alkyl halides is 4. The Bertz CT molecular complexity index is 393. The molecule has 0 aromatic carbocycles. The minimum Gasteiger partial charge on any atom is -0.265 e. The zero-order chi connectivity index (χ0) is 13.9. The molecule has 1 saturated carbocycles. The van der Waals surface area contributed by atoms with Crippen molar-refractivity contribution in [2.24, 2.45) is 11.8 Å². The molecule has 0 aliphatic heterocycles. The van der Waals surface area contributed by atoms with Crippen LogP contribution in [0.4, 0.5) is 13.2 Å². The van der Waals surface area contributed by atoms with Gasteiger partial charge < -0.3 is 0 Å². The maximum absolute atomic E-state index is 12.8. The van der Waals surface area contributed by atoms with Crippen LogP contribution >= 0.6 is 15.9 Å². The first-order chi connectivity index (χ1) is 8.97. The van der Waals surface area contributed by atoms with Crippen LogP contribution < -0.4 is 0 Å². The molecule has 0 bridgehead atoms. The van der Waals surface area contributed by atoms with Gasteiger partial charge in [-0.15, -0.1) is 0 Å². The molecule has 0 N–H and O–H groups in total. The van der Waals surface area contributed by atoms with Gasteiger partial charge in [-0.25, -0.2) is 0 Å². The van der Waals surface area contributed by atoms with Crippen LogP contribution in [-0.2, 0) is 6.42 Å². The Hall–Kier alpha value is -0.580. The lowest BCUT2D eigenvalue weighted by Crippen LogP contribution is -2.32. The normalized spacial score (nSPS) is 26.1. The molecule has 1 aliphatic rings. The molecular weight excluding hydrogens is 319 g/mol. The van der Waals surface area contributed by atoms with Crippen LogP contribution in [0.25, 0.3) is 0 Å². The van der Waals surface area contributed by atoms with E-state index in [0.29, 0.717) is 6.42 Å². The van der Waals surface area contributed by atoms with Crippen molar-refractivity contribution >= 4 is 15.9 Å². The van der Waals surface area contributed by atoms with Crippen molar-refractivity contribution in [3.8, 4) is 0 Å². The molecule has 5 heteroatoms. The van der Waals surface area contributed by atoms with E-state index in [9.17, 15) is 13.2 Å². The Morgan fingerprint density at radius 1 is 1.26 bits per heavy atom. The second-order valence-corrected chi connectivity index (χ2v) is 6.42. The highest BCUT2D eigenvalue weighted by Gasteiger charge is 2.43. The van der Waals surface area contributed by atoms with Gasteiger partial charge in [0.15, 0.2) is 0 Å². The van der Waals surface area contributed by atoms with Crippen LogP contribution in [-0.4, -0.2) is 16.0 Å². The summed E-state index contributed by atoms with van der Waals surface area (Å²) in [6.45, 7) is 0. The van der Waals surface area contributed by atoms with Gasteiger partial charge in [0.25, 0.3) is 0 Å². The summed E-state index contributed by atoms with van der Waals surface area (Å²) in [5, 5.41) is 0. The number of hydrogen-bond donors (Lipinski definition) is 0. The van der Waals surface area contributed by atoms with E-state index < -0.39 is 12.1 Å². The molecule has 0 spiro atoms. The average molecular weight is 336 g/mol. The highest BCUT2D eigenvalue weighted by molar-refractivity contribution is 9.09. The van der Waals surface area contributed by atoms with Gasteiger partial charge in [0.1, 0.15) is 0 Å². The lowest BCUT2D eigenvalue weighted by molar-refractivity contribution is -0.185. The van der Waals surface area contributed by atoms with E-state index in [4.69, 9.17) is 0 Å². The number of nitrogens with zero attached hydrogens (tertiary/aromatic N) is 1. The number of rotatable bonds is 3. The highest BCUT2D eigenvalue weighted by atomic mass is 79.9. The standard InChI is InChI=1S/C14H17BrF3N/c15-13(8-10-4-6-19-7-5-10)11-2-1-3-12(9-11)14(16,17)18/h4-7,11-13H,1-3,8-9H2. The molecule has 1 aromatic rings. The highest BCUT2D eigenvalue weighted by Crippen LogP contribution is 2.42. The lowest BCUT2D eigenvalue weighted by atomic mass is 9.78. The summed E-state index contributed by atoms with van der Waals surface area (Å²) in [5.41, 5.74) is 1.12. The number of pyridine rings is 1. The summed E-state index contributed by atoms with van der Waals surface area (Å²) in [7, 11) is 0. The van der Waals surface area contributed by atoms with E-state index in [1.807, 2.05) is 12.1 Å². The zero-order valence-electron chi connectivity index (χ0n) is 10.5. The van der Waals surface area contributed by atoms with Gasteiger partial charge >= 0.3 is 6.18 Å². The Labute approximate surface area is 119 Å². The SMILES string of the molecule is FC(F)(F)C1CCCC(C(Br)Cc2ccncc2)C1. The minimum atomic E-state index is -4.04. The summed E-state index contributed by atoms with van der Waals surface area (Å²) in [4.78, 5) is 4.06. The second-order valence-electron chi connectivity index (χ2n) is 5.24. The van der Waals surface area contributed by atoms with Crippen molar-refractivity contribution in [2.45, 2.75) is 43.1 Å². The Balaban J connectivity index is 1.94. The molecule has 2 rings (SSSR count). The third-order valence-electron chi connectivity index (χ3n) is 3.87. The molecular formula is C14H17BrF3N. The molecule has 1 fully saturated rings. The van der Waals surface area contributed by atoms with Crippen LogP contribution in [0.3, 0.4) is 0 Å². The third kappa shape index (κ3) is 4.20.